The number of hydrogen-bond donors (Lipinski definition) is 1. The summed E-state index contributed by atoms with van der Waals surface area (Å²) in [6.45, 7) is 0. The molecule has 32 heavy (non-hydrogen) atoms. The molecule has 5 nitrogen and oxygen atoms in total. The van der Waals surface area contributed by atoms with Crippen LogP contribution in [0.25, 0.3) is 11.6 Å². The van der Waals surface area contributed by atoms with Crippen LogP contribution in [0.15, 0.2) is 52.5 Å². The quantitative estimate of drug-likeness (QED) is 0.600. The van der Waals surface area contributed by atoms with Crippen LogP contribution in [0.3, 0.4) is 0 Å². The lowest BCUT2D eigenvalue weighted by molar-refractivity contribution is 0.559. The first kappa shape index (κ1) is 21.8. The summed E-state index contributed by atoms with van der Waals surface area (Å²) in [5, 5.41) is 19.5. The molecular formula is C22H10Cl2F2N4OS. The summed E-state index contributed by atoms with van der Waals surface area (Å²) in [6.07, 6.45) is 1.24. The number of aromatic nitrogens is 1. The molecule has 1 aliphatic heterocycles. The number of allylic oxidation sites excluding steroid dienone is 2. The fourth-order valence-electron chi connectivity index (χ4n) is 3.49. The molecule has 158 valence electrons. The normalized spacial score (nSPS) is 16.0. The highest BCUT2D eigenvalue weighted by Gasteiger charge is 2.34. The SMILES string of the molecule is N#CC1=C(N)C(C#N)=c2s/c(=C/c3c(F)cccc3Cl)c(=O)n2[C@@H]1c1c(F)cccc1Cl. The Balaban J connectivity index is 2.16. The average Bonchev–Trinajstić information content (AvgIpc) is 3.06. The molecule has 1 aromatic heterocycles. The summed E-state index contributed by atoms with van der Waals surface area (Å²) in [4.78, 5) is 13.4. The van der Waals surface area contributed by atoms with Gasteiger partial charge in [-0.25, -0.2) is 8.78 Å². The van der Waals surface area contributed by atoms with Crippen molar-refractivity contribution in [1.29, 1.82) is 10.5 Å². The van der Waals surface area contributed by atoms with E-state index in [2.05, 4.69) is 0 Å². The van der Waals surface area contributed by atoms with E-state index in [-0.39, 0.29) is 47.2 Å². The minimum absolute atomic E-state index is 0.0178. The Morgan fingerprint density at radius 1 is 1.06 bits per heavy atom. The third kappa shape index (κ3) is 3.30. The molecule has 1 aliphatic rings. The van der Waals surface area contributed by atoms with Crippen molar-refractivity contribution in [2.24, 2.45) is 5.73 Å². The number of rotatable bonds is 2. The van der Waals surface area contributed by atoms with Crippen LogP contribution in [0.1, 0.15) is 17.2 Å². The molecule has 3 aromatic rings. The van der Waals surface area contributed by atoms with E-state index in [1.165, 1.54) is 36.4 Å². The number of benzene rings is 2. The number of fused-ring (bicyclic) bond motifs is 1. The fourth-order valence-corrected chi connectivity index (χ4v) is 5.08. The van der Waals surface area contributed by atoms with Crippen molar-refractivity contribution in [3.8, 4) is 12.1 Å². The lowest BCUT2D eigenvalue weighted by Crippen LogP contribution is -2.40. The van der Waals surface area contributed by atoms with Gasteiger partial charge in [-0.1, -0.05) is 35.3 Å². The molecule has 2 N–H and O–H groups in total. The maximum Gasteiger partial charge on any atom is 0.269 e. The van der Waals surface area contributed by atoms with Crippen LogP contribution >= 0.6 is 34.5 Å². The van der Waals surface area contributed by atoms with Crippen molar-refractivity contribution in [3.63, 3.8) is 0 Å². The molecule has 0 amide bonds. The van der Waals surface area contributed by atoms with Gasteiger partial charge in [0.2, 0.25) is 0 Å². The Morgan fingerprint density at radius 3 is 2.31 bits per heavy atom. The summed E-state index contributed by atoms with van der Waals surface area (Å²) >= 11 is 13.2. The zero-order valence-electron chi connectivity index (χ0n) is 15.9. The fraction of sp³-hybridized carbons (Fsp3) is 0.0455. The largest absolute Gasteiger partial charge is 0.397 e. The van der Waals surface area contributed by atoms with Crippen molar-refractivity contribution >= 4 is 46.2 Å². The molecule has 0 unspecified atom stereocenters. The first-order chi connectivity index (χ1) is 15.3. The lowest BCUT2D eigenvalue weighted by atomic mass is 9.93. The van der Waals surface area contributed by atoms with Gasteiger partial charge >= 0.3 is 0 Å². The topological polar surface area (TPSA) is 95.6 Å². The Morgan fingerprint density at radius 2 is 1.72 bits per heavy atom. The summed E-state index contributed by atoms with van der Waals surface area (Å²) < 4.78 is 30.3. The molecule has 0 spiro atoms. The molecule has 0 saturated heterocycles. The van der Waals surface area contributed by atoms with Crippen LogP contribution in [0.4, 0.5) is 8.78 Å². The van der Waals surface area contributed by atoms with Crippen LogP contribution in [-0.2, 0) is 0 Å². The van der Waals surface area contributed by atoms with Gasteiger partial charge in [0.05, 0.1) is 26.9 Å². The van der Waals surface area contributed by atoms with Gasteiger partial charge in [0.15, 0.2) is 0 Å². The van der Waals surface area contributed by atoms with E-state index < -0.39 is 23.2 Å². The number of nitrogens with two attached hydrogens (primary N) is 1. The molecule has 0 saturated carbocycles. The Kier molecular flexibility index (Phi) is 5.62. The first-order valence-corrected chi connectivity index (χ1v) is 10.5. The molecular weight excluding hydrogens is 477 g/mol. The van der Waals surface area contributed by atoms with Crippen LogP contribution in [0.2, 0.25) is 10.0 Å². The van der Waals surface area contributed by atoms with E-state index in [1.54, 1.807) is 0 Å². The van der Waals surface area contributed by atoms with E-state index in [0.717, 1.165) is 22.0 Å². The molecule has 2 aromatic carbocycles. The Labute approximate surface area is 193 Å². The third-order valence-electron chi connectivity index (χ3n) is 4.94. The number of nitrogens with zero attached hydrogens (tertiary/aromatic N) is 3. The summed E-state index contributed by atoms with van der Waals surface area (Å²) in [7, 11) is 0. The van der Waals surface area contributed by atoms with Gasteiger partial charge in [-0.2, -0.15) is 10.5 Å². The monoisotopic (exact) mass is 486 g/mol. The number of halogens is 4. The van der Waals surface area contributed by atoms with Gasteiger partial charge < -0.3 is 5.73 Å². The van der Waals surface area contributed by atoms with Crippen molar-refractivity contribution in [2.45, 2.75) is 6.04 Å². The standard InChI is InChI=1S/C22H10Cl2F2N4OS/c23-13-3-1-5-15(25)10(13)7-17-21(31)30-20(18-14(24)4-2-6-16(18)26)11(8-27)19(29)12(9-28)22(30)32-17/h1-7,20H,29H2/b17-7+/t20-/m0/s1. The zero-order chi connectivity index (χ0) is 23.2. The van der Waals surface area contributed by atoms with Crippen molar-refractivity contribution < 1.29 is 8.78 Å². The highest BCUT2D eigenvalue weighted by atomic mass is 35.5. The van der Waals surface area contributed by atoms with Crippen molar-refractivity contribution in [3.05, 3.63) is 100 Å². The Bertz CT molecular complexity index is 1550. The number of thiazole rings is 1. The van der Waals surface area contributed by atoms with E-state index in [4.69, 9.17) is 28.9 Å². The van der Waals surface area contributed by atoms with E-state index in [0.29, 0.717) is 0 Å². The molecule has 0 radical (unpaired) electrons. The second kappa shape index (κ2) is 8.25. The highest BCUT2D eigenvalue weighted by molar-refractivity contribution is 7.07. The predicted octanol–water partition coefficient (Wildman–Crippen LogP) is 3.34. The van der Waals surface area contributed by atoms with Gasteiger partial charge in [0.25, 0.3) is 5.56 Å². The molecule has 1 atom stereocenters. The van der Waals surface area contributed by atoms with Gasteiger partial charge in [0, 0.05) is 16.1 Å². The van der Waals surface area contributed by atoms with E-state index >= 15 is 0 Å². The van der Waals surface area contributed by atoms with Crippen LogP contribution < -0.4 is 20.5 Å². The third-order valence-corrected chi connectivity index (χ3v) is 6.71. The second-order valence-corrected chi connectivity index (χ2v) is 8.54. The summed E-state index contributed by atoms with van der Waals surface area (Å²) in [5.41, 5.74) is 4.74. The lowest BCUT2D eigenvalue weighted by Gasteiger charge is -2.24. The van der Waals surface area contributed by atoms with Gasteiger partial charge in [-0.15, -0.1) is 11.3 Å². The summed E-state index contributed by atoms with van der Waals surface area (Å²) in [6, 6.07) is 10.5. The van der Waals surface area contributed by atoms with Crippen LogP contribution in [0, 0.1) is 34.3 Å². The molecule has 0 fully saturated rings. The predicted molar refractivity (Wildman–Crippen MR) is 118 cm³/mol. The van der Waals surface area contributed by atoms with Gasteiger partial charge in [0.1, 0.15) is 34.0 Å². The van der Waals surface area contributed by atoms with Gasteiger partial charge in [-0.3, -0.25) is 9.36 Å². The zero-order valence-corrected chi connectivity index (χ0v) is 18.2. The van der Waals surface area contributed by atoms with Crippen LogP contribution in [0.5, 0.6) is 0 Å². The molecule has 2 heterocycles. The minimum atomic E-state index is -1.30. The smallest absolute Gasteiger partial charge is 0.269 e. The number of nitriles is 2. The first-order valence-electron chi connectivity index (χ1n) is 8.95. The Hall–Kier alpha value is -3.43. The average molecular weight is 487 g/mol. The maximum atomic E-state index is 14.8. The molecule has 4 rings (SSSR count). The highest BCUT2D eigenvalue weighted by Crippen LogP contribution is 2.35. The minimum Gasteiger partial charge on any atom is -0.397 e. The number of hydrogen-bond acceptors (Lipinski definition) is 5. The molecule has 0 bridgehead atoms. The molecule has 10 heteroatoms. The summed E-state index contributed by atoms with van der Waals surface area (Å²) in [5.74, 6) is -1.41. The van der Waals surface area contributed by atoms with Crippen LogP contribution in [-0.4, -0.2) is 4.57 Å². The van der Waals surface area contributed by atoms with E-state index in [9.17, 15) is 24.1 Å². The van der Waals surface area contributed by atoms with E-state index in [1.807, 2.05) is 12.1 Å². The van der Waals surface area contributed by atoms with Crippen molar-refractivity contribution in [1.82, 2.24) is 4.57 Å². The van der Waals surface area contributed by atoms with Crippen molar-refractivity contribution in [2.75, 3.05) is 0 Å². The molecule has 0 aliphatic carbocycles. The second-order valence-electron chi connectivity index (χ2n) is 6.69. The van der Waals surface area contributed by atoms with Gasteiger partial charge in [-0.05, 0) is 30.3 Å². The maximum absolute atomic E-state index is 14.8.